The van der Waals surface area contributed by atoms with Gasteiger partial charge in [-0.1, -0.05) is 17.3 Å². The van der Waals surface area contributed by atoms with Gasteiger partial charge in [0.25, 0.3) is 0 Å². The zero-order valence-corrected chi connectivity index (χ0v) is 11.0. The van der Waals surface area contributed by atoms with E-state index in [4.69, 9.17) is 21.1 Å². The van der Waals surface area contributed by atoms with Crippen molar-refractivity contribution in [2.24, 2.45) is 0 Å². The first-order valence-electron chi connectivity index (χ1n) is 5.43. The van der Waals surface area contributed by atoms with E-state index in [1.54, 1.807) is 18.9 Å². The molecule has 0 aliphatic carbocycles. The number of alkyl halides is 1. The Balaban J connectivity index is 2.52. The Morgan fingerprint density at radius 2 is 2.06 bits per heavy atom. The minimum Gasteiger partial charge on any atom is -0.494 e. The molecule has 0 fully saturated rings. The molecule has 0 bridgehead atoms. The van der Waals surface area contributed by atoms with Crippen molar-refractivity contribution in [1.29, 1.82) is 0 Å². The molecule has 0 spiro atoms. The van der Waals surface area contributed by atoms with E-state index in [9.17, 15) is 0 Å². The number of rotatable bonds is 5. The average molecular weight is 268 g/mol. The molecule has 0 N–H and O–H groups in total. The van der Waals surface area contributed by atoms with Crippen LogP contribution in [0.15, 0.2) is 24.3 Å². The quantitative estimate of drug-likeness (QED) is 0.779. The lowest BCUT2D eigenvalue weighted by Crippen LogP contribution is -2.06. The Bertz CT molecular complexity index is 528. The van der Waals surface area contributed by atoms with Gasteiger partial charge in [-0.15, -0.1) is 16.7 Å². The molecule has 0 saturated carbocycles. The Morgan fingerprint density at radius 1 is 1.28 bits per heavy atom. The smallest absolute Gasteiger partial charge is 0.144 e. The van der Waals surface area contributed by atoms with Gasteiger partial charge in [0.2, 0.25) is 0 Å². The molecular formula is C12H14ClN3O2. The van der Waals surface area contributed by atoms with Crippen molar-refractivity contribution in [3.8, 4) is 11.4 Å². The number of hydrogen-bond donors (Lipinski definition) is 0. The zero-order chi connectivity index (χ0) is 13.0. The third-order valence-corrected chi connectivity index (χ3v) is 2.82. The minimum absolute atomic E-state index is 0.299. The predicted molar refractivity (Wildman–Crippen MR) is 68.2 cm³/mol. The second kappa shape index (κ2) is 5.84. The van der Waals surface area contributed by atoms with E-state index in [-0.39, 0.29) is 0 Å². The molecule has 1 heterocycles. The number of aromatic nitrogens is 3. The van der Waals surface area contributed by atoms with Crippen molar-refractivity contribution < 1.29 is 9.47 Å². The summed E-state index contributed by atoms with van der Waals surface area (Å²) in [5.41, 5.74) is 2.36. The molecule has 1 aromatic carbocycles. The molecule has 0 atom stereocenters. The molecule has 0 radical (unpaired) electrons. The summed E-state index contributed by atoms with van der Waals surface area (Å²) in [4.78, 5) is 0. The Morgan fingerprint density at radius 3 is 2.72 bits per heavy atom. The van der Waals surface area contributed by atoms with Crippen LogP contribution in [0.2, 0.25) is 0 Å². The van der Waals surface area contributed by atoms with Crippen LogP contribution in [0.1, 0.15) is 11.4 Å². The molecule has 1 aromatic heterocycles. The predicted octanol–water partition coefficient (Wildman–Crippen LogP) is 2.16. The molecule has 0 amide bonds. The van der Waals surface area contributed by atoms with Crippen molar-refractivity contribution in [2.75, 3.05) is 14.2 Å². The normalized spacial score (nSPS) is 10.6. The third kappa shape index (κ3) is 2.32. The maximum atomic E-state index is 5.84. The summed E-state index contributed by atoms with van der Waals surface area (Å²) in [6.07, 6.45) is 0. The zero-order valence-electron chi connectivity index (χ0n) is 10.3. The maximum Gasteiger partial charge on any atom is 0.144 e. The van der Waals surface area contributed by atoms with Crippen LogP contribution in [0.4, 0.5) is 0 Å². The van der Waals surface area contributed by atoms with E-state index in [0.29, 0.717) is 18.2 Å². The minimum atomic E-state index is 0.299. The summed E-state index contributed by atoms with van der Waals surface area (Å²) in [7, 11) is 3.24. The van der Waals surface area contributed by atoms with Gasteiger partial charge in [0.1, 0.15) is 17.1 Å². The Hall–Kier alpha value is -1.59. The van der Waals surface area contributed by atoms with Crippen LogP contribution in [-0.2, 0) is 17.2 Å². The van der Waals surface area contributed by atoms with E-state index in [2.05, 4.69) is 10.3 Å². The second-order valence-corrected chi connectivity index (χ2v) is 3.90. The molecule has 0 aliphatic rings. The molecule has 18 heavy (non-hydrogen) atoms. The molecular weight excluding hydrogens is 254 g/mol. The average Bonchev–Trinajstić information content (AvgIpc) is 2.82. The van der Waals surface area contributed by atoms with Gasteiger partial charge in [0.05, 0.1) is 25.3 Å². The van der Waals surface area contributed by atoms with Gasteiger partial charge in [-0.3, -0.25) is 0 Å². The SMILES string of the molecule is COCc1c(CCl)nnn1-c1ccccc1OC. The number of benzene rings is 1. The van der Waals surface area contributed by atoms with E-state index in [0.717, 1.165) is 17.1 Å². The number of hydrogen-bond acceptors (Lipinski definition) is 4. The van der Waals surface area contributed by atoms with Gasteiger partial charge >= 0.3 is 0 Å². The summed E-state index contributed by atoms with van der Waals surface area (Å²) in [6, 6.07) is 7.59. The Labute approximate surface area is 110 Å². The van der Waals surface area contributed by atoms with Crippen LogP contribution in [0.5, 0.6) is 5.75 Å². The highest BCUT2D eigenvalue weighted by Gasteiger charge is 2.15. The fraction of sp³-hybridized carbons (Fsp3) is 0.333. The van der Waals surface area contributed by atoms with Crippen molar-refractivity contribution >= 4 is 11.6 Å². The van der Waals surface area contributed by atoms with Gasteiger partial charge in [-0.25, -0.2) is 4.68 Å². The molecule has 96 valence electrons. The lowest BCUT2D eigenvalue weighted by atomic mass is 10.2. The molecule has 0 aliphatic heterocycles. The first kappa shape index (κ1) is 12.9. The number of ether oxygens (including phenoxy) is 2. The highest BCUT2D eigenvalue weighted by molar-refractivity contribution is 6.16. The van der Waals surface area contributed by atoms with Gasteiger partial charge in [-0.05, 0) is 12.1 Å². The first-order valence-corrected chi connectivity index (χ1v) is 5.97. The molecule has 2 rings (SSSR count). The van der Waals surface area contributed by atoms with Crippen LogP contribution in [0.25, 0.3) is 5.69 Å². The van der Waals surface area contributed by atoms with Gasteiger partial charge < -0.3 is 9.47 Å². The second-order valence-electron chi connectivity index (χ2n) is 3.63. The third-order valence-electron chi connectivity index (χ3n) is 2.56. The van der Waals surface area contributed by atoms with Crippen molar-refractivity contribution in [1.82, 2.24) is 15.0 Å². The van der Waals surface area contributed by atoms with E-state index < -0.39 is 0 Å². The topological polar surface area (TPSA) is 49.2 Å². The molecule has 0 saturated heterocycles. The number of para-hydroxylation sites is 2. The number of nitrogens with zero attached hydrogens (tertiary/aromatic N) is 3. The summed E-state index contributed by atoms with van der Waals surface area (Å²) in [6.45, 7) is 0.396. The van der Waals surface area contributed by atoms with Crippen LogP contribution >= 0.6 is 11.6 Å². The summed E-state index contributed by atoms with van der Waals surface area (Å²) in [5.74, 6) is 1.02. The number of methoxy groups -OCH3 is 2. The standard InChI is InChI=1S/C12H14ClN3O2/c1-17-8-11-9(7-13)14-15-16(11)10-5-3-4-6-12(10)18-2/h3-6H,7-8H2,1-2H3. The first-order chi connectivity index (χ1) is 8.81. The molecule has 0 unspecified atom stereocenters. The van der Waals surface area contributed by atoms with Crippen molar-refractivity contribution in [3.05, 3.63) is 35.7 Å². The molecule has 2 aromatic rings. The van der Waals surface area contributed by atoms with E-state index in [1.807, 2.05) is 24.3 Å². The summed E-state index contributed by atoms with van der Waals surface area (Å²) < 4.78 is 12.2. The summed E-state index contributed by atoms with van der Waals surface area (Å²) in [5, 5.41) is 8.16. The van der Waals surface area contributed by atoms with Gasteiger partial charge in [0.15, 0.2) is 0 Å². The fourth-order valence-electron chi connectivity index (χ4n) is 1.72. The fourth-order valence-corrected chi connectivity index (χ4v) is 1.92. The highest BCUT2D eigenvalue weighted by atomic mass is 35.5. The number of halogens is 1. The highest BCUT2D eigenvalue weighted by Crippen LogP contribution is 2.24. The van der Waals surface area contributed by atoms with Crippen LogP contribution in [0.3, 0.4) is 0 Å². The Kier molecular flexibility index (Phi) is 4.17. The summed E-state index contributed by atoms with van der Waals surface area (Å²) >= 11 is 5.84. The van der Waals surface area contributed by atoms with Crippen molar-refractivity contribution in [2.45, 2.75) is 12.5 Å². The molecule has 5 nitrogen and oxygen atoms in total. The van der Waals surface area contributed by atoms with Crippen molar-refractivity contribution in [3.63, 3.8) is 0 Å². The largest absolute Gasteiger partial charge is 0.494 e. The van der Waals surface area contributed by atoms with Gasteiger partial charge in [-0.2, -0.15) is 0 Å². The van der Waals surface area contributed by atoms with E-state index >= 15 is 0 Å². The monoisotopic (exact) mass is 267 g/mol. The lowest BCUT2D eigenvalue weighted by Gasteiger charge is -2.10. The van der Waals surface area contributed by atoms with E-state index in [1.165, 1.54) is 0 Å². The maximum absolute atomic E-state index is 5.84. The van der Waals surface area contributed by atoms with Gasteiger partial charge in [0, 0.05) is 7.11 Å². The van der Waals surface area contributed by atoms with Crippen LogP contribution in [0, 0.1) is 0 Å². The molecule has 6 heteroatoms. The lowest BCUT2D eigenvalue weighted by molar-refractivity contribution is 0.178. The van der Waals surface area contributed by atoms with Crippen LogP contribution < -0.4 is 4.74 Å². The van der Waals surface area contributed by atoms with Crippen LogP contribution in [-0.4, -0.2) is 29.2 Å².